The van der Waals surface area contributed by atoms with Crippen LogP contribution < -0.4 is 0 Å². The molecule has 74 valence electrons. The first-order valence-electron chi connectivity index (χ1n) is 4.57. The zero-order chi connectivity index (χ0) is 10.1. The number of carbonyl (C=O) groups excluding carboxylic acids is 1. The van der Waals surface area contributed by atoms with Gasteiger partial charge >= 0.3 is 0 Å². The van der Waals surface area contributed by atoms with E-state index in [1.807, 2.05) is 20.2 Å². The Balaban J connectivity index is 2.25. The van der Waals surface area contributed by atoms with Crippen LogP contribution in [0, 0.1) is 0 Å². The van der Waals surface area contributed by atoms with Crippen LogP contribution >= 0.6 is 0 Å². The third-order valence-electron chi connectivity index (χ3n) is 2.19. The maximum atomic E-state index is 11.4. The van der Waals surface area contributed by atoms with Gasteiger partial charge in [0.05, 0.1) is 18.3 Å². The second-order valence-corrected chi connectivity index (χ2v) is 3.24. The van der Waals surface area contributed by atoms with Crippen molar-refractivity contribution in [1.82, 2.24) is 14.8 Å². The average molecular weight is 192 g/mol. The second-order valence-electron chi connectivity index (χ2n) is 3.24. The molecule has 1 aliphatic rings. The number of hydrogen-bond donors (Lipinski definition) is 0. The van der Waals surface area contributed by atoms with E-state index >= 15 is 0 Å². The van der Waals surface area contributed by atoms with Crippen molar-refractivity contribution in [2.24, 2.45) is 12.1 Å². The van der Waals surface area contributed by atoms with Gasteiger partial charge in [-0.15, -0.1) is 0 Å². The molecule has 2 rings (SSSR count). The van der Waals surface area contributed by atoms with Crippen molar-refractivity contribution in [3.63, 3.8) is 0 Å². The number of carbonyl (C=O) groups is 1. The minimum atomic E-state index is 0.0614. The van der Waals surface area contributed by atoms with Crippen LogP contribution in [0.2, 0.25) is 0 Å². The maximum absolute atomic E-state index is 11.4. The van der Waals surface area contributed by atoms with Crippen LogP contribution in [0.5, 0.6) is 0 Å². The number of aryl methyl sites for hydroxylation is 1. The maximum Gasteiger partial charge on any atom is 0.248 e. The third kappa shape index (κ3) is 1.41. The van der Waals surface area contributed by atoms with Gasteiger partial charge in [0.1, 0.15) is 0 Å². The summed E-state index contributed by atoms with van der Waals surface area (Å²) in [5.41, 5.74) is 1.74. The Kier molecular flexibility index (Phi) is 2.07. The van der Waals surface area contributed by atoms with Crippen LogP contribution in [0.3, 0.4) is 0 Å². The van der Waals surface area contributed by atoms with Gasteiger partial charge in [-0.05, 0) is 6.92 Å². The topological polar surface area (TPSA) is 50.5 Å². The minimum Gasteiger partial charge on any atom is -0.275 e. The minimum absolute atomic E-state index is 0.0614. The van der Waals surface area contributed by atoms with E-state index in [2.05, 4.69) is 10.2 Å². The molecule has 1 aromatic heterocycles. The molecule has 0 spiro atoms. The van der Waals surface area contributed by atoms with Crippen LogP contribution in [0.25, 0.3) is 0 Å². The molecule has 0 bridgehead atoms. The Labute approximate surface area is 82.0 Å². The van der Waals surface area contributed by atoms with E-state index in [0.29, 0.717) is 13.0 Å². The molecule has 0 saturated heterocycles. The van der Waals surface area contributed by atoms with Gasteiger partial charge in [-0.3, -0.25) is 9.48 Å². The average Bonchev–Trinajstić information content (AvgIpc) is 2.71. The second kappa shape index (κ2) is 3.25. The van der Waals surface area contributed by atoms with E-state index in [1.54, 1.807) is 10.9 Å². The lowest BCUT2D eigenvalue weighted by molar-refractivity contribution is -0.128. The van der Waals surface area contributed by atoms with Crippen molar-refractivity contribution in [2.45, 2.75) is 13.3 Å². The highest BCUT2D eigenvalue weighted by Gasteiger charge is 2.23. The fourth-order valence-electron chi connectivity index (χ4n) is 1.45. The SMILES string of the molecule is CCN1N=C(c2cnn(C)c2)CC1=O. The van der Waals surface area contributed by atoms with Crippen molar-refractivity contribution < 1.29 is 4.79 Å². The van der Waals surface area contributed by atoms with Gasteiger partial charge in [0.25, 0.3) is 0 Å². The van der Waals surface area contributed by atoms with Gasteiger partial charge in [0, 0.05) is 25.4 Å². The molecule has 14 heavy (non-hydrogen) atoms. The fourth-order valence-corrected chi connectivity index (χ4v) is 1.45. The summed E-state index contributed by atoms with van der Waals surface area (Å²) in [6.45, 7) is 2.54. The molecule has 0 N–H and O–H groups in total. The summed E-state index contributed by atoms with van der Waals surface area (Å²) in [7, 11) is 1.85. The molecule has 0 saturated carbocycles. The van der Waals surface area contributed by atoms with Gasteiger partial charge < -0.3 is 0 Å². The summed E-state index contributed by atoms with van der Waals surface area (Å²) in [5.74, 6) is 0.0614. The number of hydrazone groups is 1. The Bertz CT molecular complexity index is 393. The molecule has 1 aromatic rings. The standard InChI is InChI=1S/C9H12N4O/c1-3-13-9(14)4-8(11-13)7-5-10-12(2)6-7/h5-6H,3-4H2,1-2H3. The van der Waals surface area contributed by atoms with Crippen molar-refractivity contribution >= 4 is 11.6 Å². The zero-order valence-electron chi connectivity index (χ0n) is 8.27. The van der Waals surface area contributed by atoms with Gasteiger partial charge in [0.15, 0.2) is 0 Å². The lowest BCUT2D eigenvalue weighted by atomic mass is 10.2. The van der Waals surface area contributed by atoms with Crippen LogP contribution in [0.4, 0.5) is 0 Å². The summed E-state index contributed by atoms with van der Waals surface area (Å²) in [6.07, 6.45) is 3.98. The van der Waals surface area contributed by atoms with Gasteiger partial charge in [-0.25, -0.2) is 5.01 Å². The molecule has 5 heteroatoms. The molecule has 1 amide bonds. The summed E-state index contributed by atoms with van der Waals surface area (Å²) < 4.78 is 1.71. The molecule has 1 aliphatic heterocycles. The predicted molar refractivity (Wildman–Crippen MR) is 51.7 cm³/mol. The first kappa shape index (κ1) is 8.93. The molecule has 0 fully saturated rings. The highest BCUT2D eigenvalue weighted by molar-refractivity contribution is 6.13. The molecule has 0 aromatic carbocycles. The zero-order valence-corrected chi connectivity index (χ0v) is 8.27. The van der Waals surface area contributed by atoms with E-state index in [1.165, 1.54) is 5.01 Å². The normalized spacial score (nSPS) is 16.3. The van der Waals surface area contributed by atoms with Gasteiger partial charge in [-0.1, -0.05) is 0 Å². The molecule has 0 atom stereocenters. The van der Waals surface area contributed by atoms with Crippen LogP contribution in [-0.4, -0.2) is 33.0 Å². The molecule has 0 unspecified atom stereocenters. The fraction of sp³-hybridized carbons (Fsp3) is 0.444. The van der Waals surface area contributed by atoms with Crippen molar-refractivity contribution in [3.8, 4) is 0 Å². The smallest absolute Gasteiger partial charge is 0.248 e. The Morgan fingerprint density at radius 2 is 2.36 bits per heavy atom. The Morgan fingerprint density at radius 3 is 2.86 bits per heavy atom. The predicted octanol–water partition coefficient (Wildman–Crippen LogP) is 0.376. The summed E-state index contributed by atoms with van der Waals surface area (Å²) >= 11 is 0. The number of amides is 1. The Morgan fingerprint density at radius 1 is 1.57 bits per heavy atom. The van der Waals surface area contributed by atoms with Gasteiger partial charge in [-0.2, -0.15) is 10.2 Å². The third-order valence-corrected chi connectivity index (χ3v) is 2.19. The van der Waals surface area contributed by atoms with E-state index < -0.39 is 0 Å². The van der Waals surface area contributed by atoms with Crippen LogP contribution in [0.1, 0.15) is 18.9 Å². The van der Waals surface area contributed by atoms with Crippen LogP contribution in [0.15, 0.2) is 17.5 Å². The van der Waals surface area contributed by atoms with Crippen molar-refractivity contribution in [2.75, 3.05) is 6.54 Å². The molecular formula is C9H12N4O. The van der Waals surface area contributed by atoms with Crippen molar-refractivity contribution in [1.29, 1.82) is 0 Å². The number of aromatic nitrogens is 2. The first-order chi connectivity index (χ1) is 6.70. The molecule has 2 heterocycles. The lowest BCUT2D eigenvalue weighted by Crippen LogP contribution is -2.19. The summed E-state index contributed by atoms with van der Waals surface area (Å²) in [6, 6.07) is 0. The van der Waals surface area contributed by atoms with E-state index in [9.17, 15) is 4.79 Å². The van der Waals surface area contributed by atoms with E-state index in [-0.39, 0.29) is 5.91 Å². The first-order valence-corrected chi connectivity index (χ1v) is 4.57. The highest BCUT2D eigenvalue weighted by Crippen LogP contribution is 2.13. The van der Waals surface area contributed by atoms with E-state index in [0.717, 1.165) is 11.3 Å². The van der Waals surface area contributed by atoms with E-state index in [4.69, 9.17) is 0 Å². The molecule has 0 aliphatic carbocycles. The Hall–Kier alpha value is -1.65. The quantitative estimate of drug-likeness (QED) is 0.680. The highest BCUT2D eigenvalue weighted by atomic mass is 16.2. The van der Waals surface area contributed by atoms with Crippen molar-refractivity contribution in [3.05, 3.63) is 18.0 Å². The monoisotopic (exact) mass is 192 g/mol. The number of rotatable bonds is 2. The lowest BCUT2D eigenvalue weighted by Gasteiger charge is -2.05. The molecule has 0 radical (unpaired) electrons. The molecule has 5 nitrogen and oxygen atoms in total. The summed E-state index contributed by atoms with van der Waals surface area (Å²) in [4.78, 5) is 11.4. The van der Waals surface area contributed by atoms with Gasteiger partial charge in [0.2, 0.25) is 5.91 Å². The molecular weight excluding hydrogens is 180 g/mol. The largest absolute Gasteiger partial charge is 0.275 e. The number of hydrogen-bond acceptors (Lipinski definition) is 3. The summed E-state index contributed by atoms with van der Waals surface area (Å²) in [5, 5.41) is 9.75. The van der Waals surface area contributed by atoms with Crippen LogP contribution in [-0.2, 0) is 11.8 Å². The number of nitrogens with zero attached hydrogens (tertiary/aromatic N) is 4.